The zero-order chi connectivity index (χ0) is 11.0. The molecular weight excluding hydrogens is 261 g/mol. The van der Waals surface area contributed by atoms with Crippen molar-refractivity contribution in [1.82, 2.24) is 9.55 Å². The molecule has 0 fully saturated rings. The first kappa shape index (κ1) is 10.2. The number of halogens is 2. The van der Waals surface area contributed by atoms with E-state index in [1.54, 1.807) is 16.7 Å². The number of anilines is 1. The zero-order valence-electron chi connectivity index (χ0n) is 8.04. The highest BCUT2D eigenvalue weighted by molar-refractivity contribution is 9.10. The van der Waals surface area contributed by atoms with Gasteiger partial charge in [0.15, 0.2) is 0 Å². The molecule has 0 spiro atoms. The molecule has 78 valence electrons. The highest BCUT2D eigenvalue weighted by Crippen LogP contribution is 2.29. The van der Waals surface area contributed by atoms with Crippen LogP contribution in [0.4, 0.5) is 10.3 Å². The Labute approximate surface area is 94.9 Å². The van der Waals surface area contributed by atoms with Gasteiger partial charge in [0.1, 0.15) is 10.4 Å². The van der Waals surface area contributed by atoms with E-state index < -0.39 is 0 Å². The molecule has 0 radical (unpaired) electrons. The second-order valence-corrected chi connectivity index (χ2v) is 3.93. The first-order valence-corrected chi connectivity index (χ1v) is 5.12. The minimum absolute atomic E-state index is 0.259. The van der Waals surface area contributed by atoms with Crippen LogP contribution in [-0.4, -0.2) is 9.55 Å². The van der Waals surface area contributed by atoms with E-state index in [2.05, 4.69) is 20.9 Å². The Morgan fingerprint density at radius 2 is 1.93 bits per heavy atom. The molecule has 0 aliphatic heterocycles. The number of nitrogens with two attached hydrogens (primary N) is 1. The molecule has 0 bridgehead atoms. The molecule has 1 aromatic heterocycles. The summed E-state index contributed by atoms with van der Waals surface area (Å²) in [5.41, 5.74) is 7.37. The summed E-state index contributed by atoms with van der Waals surface area (Å²) < 4.78 is 15.2. The molecule has 1 heterocycles. The predicted molar refractivity (Wildman–Crippen MR) is 60.7 cm³/mol. The van der Waals surface area contributed by atoms with Gasteiger partial charge in [-0.1, -0.05) is 0 Å². The normalized spacial score (nSPS) is 10.6. The van der Waals surface area contributed by atoms with Gasteiger partial charge in [0.25, 0.3) is 0 Å². The molecule has 0 atom stereocenters. The van der Waals surface area contributed by atoms with Crippen LogP contribution >= 0.6 is 15.9 Å². The van der Waals surface area contributed by atoms with Gasteiger partial charge in [0.05, 0.1) is 5.69 Å². The fourth-order valence-electron chi connectivity index (χ4n) is 1.40. The van der Waals surface area contributed by atoms with Gasteiger partial charge in [0, 0.05) is 12.6 Å². The fraction of sp³-hybridized carbons (Fsp3) is 0.100. The Morgan fingerprint density at radius 3 is 2.40 bits per heavy atom. The zero-order valence-corrected chi connectivity index (χ0v) is 9.62. The molecule has 0 unspecified atom stereocenters. The minimum Gasteiger partial charge on any atom is -0.369 e. The summed E-state index contributed by atoms with van der Waals surface area (Å²) in [6, 6.07) is 6.20. The van der Waals surface area contributed by atoms with E-state index in [1.807, 2.05) is 7.05 Å². The van der Waals surface area contributed by atoms with E-state index in [0.29, 0.717) is 10.6 Å². The van der Waals surface area contributed by atoms with Crippen molar-refractivity contribution in [2.24, 2.45) is 7.05 Å². The summed E-state index contributed by atoms with van der Waals surface area (Å²) in [5.74, 6) is 0.159. The highest BCUT2D eigenvalue weighted by atomic mass is 79.9. The molecule has 0 aliphatic carbocycles. The van der Waals surface area contributed by atoms with Crippen molar-refractivity contribution in [3.05, 3.63) is 34.7 Å². The summed E-state index contributed by atoms with van der Waals surface area (Å²) in [5, 5.41) is 0. The summed E-state index contributed by atoms with van der Waals surface area (Å²) >= 11 is 3.32. The van der Waals surface area contributed by atoms with E-state index in [1.165, 1.54) is 12.1 Å². The predicted octanol–water partition coefficient (Wildman–Crippen LogP) is 2.57. The van der Waals surface area contributed by atoms with Crippen LogP contribution in [0.25, 0.3) is 11.3 Å². The lowest BCUT2D eigenvalue weighted by Crippen LogP contribution is -1.98. The van der Waals surface area contributed by atoms with Crippen molar-refractivity contribution in [1.29, 1.82) is 0 Å². The van der Waals surface area contributed by atoms with Gasteiger partial charge < -0.3 is 10.3 Å². The van der Waals surface area contributed by atoms with Crippen molar-refractivity contribution in [2.45, 2.75) is 0 Å². The van der Waals surface area contributed by atoms with Gasteiger partial charge in [-0.3, -0.25) is 0 Å². The topological polar surface area (TPSA) is 43.8 Å². The Hall–Kier alpha value is -1.36. The highest BCUT2D eigenvalue weighted by Gasteiger charge is 2.12. The molecule has 0 amide bonds. The van der Waals surface area contributed by atoms with E-state index >= 15 is 0 Å². The van der Waals surface area contributed by atoms with Crippen molar-refractivity contribution in [2.75, 3.05) is 5.73 Å². The van der Waals surface area contributed by atoms with Gasteiger partial charge in [-0.15, -0.1) is 0 Å². The summed E-state index contributed by atoms with van der Waals surface area (Å²) in [6.45, 7) is 0. The number of nitrogens with zero attached hydrogens (tertiary/aromatic N) is 2. The molecule has 15 heavy (non-hydrogen) atoms. The maximum atomic E-state index is 12.7. The summed E-state index contributed by atoms with van der Waals surface area (Å²) in [4.78, 5) is 4.07. The van der Waals surface area contributed by atoms with Gasteiger partial charge in [-0.2, -0.15) is 0 Å². The molecule has 0 aliphatic rings. The summed E-state index contributed by atoms with van der Waals surface area (Å²) in [7, 11) is 1.81. The molecular formula is C10H9BrFN3. The Morgan fingerprint density at radius 1 is 1.33 bits per heavy atom. The number of hydrogen-bond acceptors (Lipinski definition) is 2. The number of imidazole rings is 1. The minimum atomic E-state index is -0.259. The van der Waals surface area contributed by atoms with Crippen LogP contribution in [0.15, 0.2) is 28.9 Å². The fourth-order valence-corrected chi connectivity index (χ4v) is 2.08. The molecule has 2 N–H and O–H groups in total. The quantitative estimate of drug-likeness (QED) is 0.865. The van der Waals surface area contributed by atoms with Crippen LogP contribution in [0.1, 0.15) is 0 Å². The Kier molecular flexibility index (Phi) is 2.48. The molecule has 3 nitrogen and oxygen atoms in total. The third kappa shape index (κ3) is 1.74. The number of rotatable bonds is 1. The van der Waals surface area contributed by atoms with E-state index in [9.17, 15) is 4.39 Å². The second-order valence-electron chi connectivity index (χ2n) is 3.18. The van der Waals surface area contributed by atoms with Crippen LogP contribution in [0.2, 0.25) is 0 Å². The number of benzene rings is 1. The monoisotopic (exact) mass is 269 g/mol. The molecule has 0 saturated carbocycles. The van der Waals surface area contributed by atoms with Gasteiger partial charge in [0.2, 0.25) is 5.95 Å². The van der Waals surface area contributed by atoms with E-state index in [0.717, 1.165) is 11.3 Å². The standard InChI is InChI=1S/C10H9BrFN3/c1-15-8(9(11)14-10(15)13)6-2-4-7(12)5-3-6/h2-5H,1H3,(H2,13,14). The molecule has 0 saturated heterocycles. The van der Waals surface area contributed by atoms with Crippen LogP contribution in [0.5, 0.6) is 0 Å². The molecule has 1 aromatic carbocycles. The van der Waals surface area contributed by atoms with Crippen LogP contribution < -0.4 is 5.73 Å². The van der Waals surface area contributed by atoms with Gasteiger partial charge in [-0.25, -0.2) is 9.37 Å². The third-order valence-electron chi connectivity index (χ3n) is 2.20. The van der Waals surface area contributed by atoms with Crippen molar-refractivity contribution in [3.63, 3.8) is 0 Å². The first-order chi connectivity index (χ1) is 7.09. The molecule has 5 heteroatoms. The van der Waals surface area contributed by atoms with Crippen molar-refractivity contribution in [3.8, 4) is 11.3 Å². The number of aromatic nitrogens is 2. The SMILES string of the molecule is Cn1c(N)nc(Br)c1-c1ccc(F)cc1. The van der Waals surface area contributed by atoms with Crippen LogP contribution in [0.3, 0.4) is 0 Å². The maximum Gasteiger partial charge on any atom is 0.201 e. The largest absolute Gasteiger partial charge is 0.369 e. The lowest BCUT2D eigenvalue weighted by atomic mass is 10.2. The second kappa shape index (κ2) is 3.66. The lowest BCUT2D eigenvalue weighted by Gasteiger charge is -2.03. The van der Waals surface area contributed by atoms with Crippen molar-refractivity contribution < 1.29 is 4.39 Å². The van der Waals surface area contributed by atoms with Crippen molar-refractivity contribution >= 4 is 21.9 Å². The Balaban J connectivity index is 2.58. The smallest absolute Gasteiger partial charge is 0.201 e. The van der Waals surface area contributed by atoms with E-state index in [-0.39, 0.29) is 5.82 Å². The maximum absolute atomic E-state index is 12.7. The summed E-state index contributed by atoms with van der Waals surface area (Å²) in [6.07, 6.45) is 0. The Bertz CT molecular complexity index is 490. The average Bonchev–Trinajstić information content (AvgIpc) is 2.44. The van der Waals surface area contributed by atoms with Crippen LogP contribution in [-0.2, 0) is 7.05 Å². The van der Waals surface area contributed by atoms with Crippen LogP contribution in [0, 0.1) is 5.82 Å². The number of hydrogen-bond donors (Lipinski definition) is 1. The number of nitrogen functional groups attached to an aromatic ring is 1. The molecule has 2 aromatic rings. The van der Waals surface area contributed by atoms with Gasteiger partial charge >= 0.3 is 0 Å². The first-order valence-electron chi connectivity index (χ1n) is 4.33. The third-order valence-corrected chi connectivity index (χ3v) is 2.76. The lowest BCUT2D eigenvalue weighted by molar-refractivity contribution is 0.628. The molecule has 2 rings (SSSR count). The average molecular weight is 270 g/mol. The van der Waals surface area contributed by atoms with Gasteiger partial charge in [-0.05, 0) is 40.2 Å². The van der Waals surface area contributed by atoms with E-state index in [4.69, 9.17) is 5.73 Å².